The molecule has 0 fully saturated rings. The molecule has 2 nitrogen and oxygen atoms in total. The molecule has 2 aromatic rings. The van der Waals surface area contributed by atoms with E-state index in [4.69, 9.17) is 0 Å². The minimum atomic E-state index is -2.47. The van der Waals surface area contributed by atoms with E-state index in [1.165, 1.54) is 17.4 Å². The van der Waals surface area contributed by atoms with Gasteiger partial charge in [0.2, 0.25) is 0 Å². The summed E-state index contributed by atoms with van der Waals surface area (Å²) in [6.07, 6.45) is 0. The number of halogens is 3. The van der Waals surface area contributed by atoms with Gasteiger partial charge < -0.3 is 5.32 Å². The lowest BCUT2D eigenvalue weighted by Crippen LogP contribution is -2.10. The zero-order valence-electron chi connectivity index (χ0n) is 9.40. The van der Waals surface area contributed by atoms with E-state index < -0.39 is 5.76 Å². The SMILES string of the molecule is O=C(Nc1cccc(SC(F)F)c1)c1sccc1Br. The number of rotatable bonds is 4. The molecule has 1 amide bonds. The van der Waals surface area contributed by atoms with E-state index in [1.807, 2.05) is 0 Å². The Hall–Kier alpha value is -0.920. The van der Waals surface area contributed by atoms with Gasteiger partial charge in [0.25, 0.3) is 11.7 Å². The van der Waals surface area contributed by atoms with Crippen molar-refractivity contribution in [2.75, 3.05) is 5.32 Å². The number of carbonyl (C=O) groups excluding carboxylic acids is 1. The molecule has 1 heterocycles. The van der Waals surface area contributed by atoms with Crippen LogP contribution in [0.25, 0.3) is 0 Å². The number of thioether (sulfide) groups is 1. The van der Waals surface area contributed by atoms with E-state index in [0.29, 0.717) is 31.7 Å². The molecule has 1 aromatic heterocycles. The molecular weight excluding hydrogens is 356 g/mol. The fourth-order valence-corrected chi connectivity index (χ4v) is 3.40. The summed E-state index contributed by atoms with van der Waals surface area (Å²) in [4.78, 5) is 12.9. The molecule has 100 valence electrons. The van der Waals surface area contributed by atoms with E-state index in [-0.39, 0.29) is 5.91 Å². The molecular formula is C12H8BrF2NOS2. The minimum Gasteiger partial charge on any atom is -0.321 e. The molecule has 0 bridgehead atoms. The largest absolute Gasteiger partial charge is 0.321 e. The quantitative estimate of drug-likeness (QED) is 0.767. The lowest BCUT2D eigenvalue weighted by atomic mass is 10.3. The van der Waals surface area contributed by atoms with Gasteiger partial charge in [0.15, 0.2) is 0 Å². The second kappa shape index (κ2) is 6.49. The van der Waals surface area contributed by atoms with E-state index in [2.05, 4.69) is 21.2 Å². The van der Waals surface area contributed by atoms with Crippen molar-refractivity contribution in [1.82, 2.24) is 0 Å². The van der Waals surface area contributed by atoms with Crippen LogP contribution in [0.5, 0.6) is 0 Å². The highest BCUT2D eigenvalue weighted by molar-refractivity contribution is 9.10. The van der Waals surface area contributed by atoms with Gasteiger partial charge in [-0.05, 0) is 45.6 Å². The molecule has 0 aliphatic carbocycles. The van der Waals surface area contributed by atoms with Crippen molar-refractivity contribution >= 4 is 50.6 Å². The van der Waals surface area contributed by atoms with E-state index in [1.54, 1.807) is 29.6 Å². The number of alkyl halides is 2. The first-order valence-corrected chi connectivity index (χ1v) is 7.70. The van der Waals surface area contributed by atoms with Gasteiger partial charge in [-0.15, -0.1) is 11.3 Å². The Morgan fingerprint density at radius 2 is 2.16 bits per heavy atom. The Balaban J connectivity index is 2.11. The lowest BCUT2D eigenvalue weighted by molar-refractivity contribution is 0.103. The van der Waals surface area contributed by atoms with Gasteiger partial charge in [0.1, 0.15) is 4.88 Å². The van der Waals surface area contributed by atoms with E-state index >= 15 is 0 Å². The van der Waals surface area contributed by atoms with Crippen molar-refractivity contribution in [3.63, 3.8) is 0 Å². The maximum absolute atomic E-state index is 12.3. The van der Waals surface area contributed by atoms with Crippen LogP contribution in [0.15, 0.2) is 45.1 Å². The number of benzene rings is 1. The van der Waals surface area contributed by atoms with Crippen molar-refractivity contribution in [2.45, 2.75) is 10.7 Å². The highest BCUT2D eigenvalue weighted by atomic mass is 79.9. The molecule has 0 unspecified atom stereocenters. The number of carbonyl (C=O) groups is 1. The maximum atomic E-state index is 12.3. The van der Waals surface area contributed by atoms with Gasteiger partial charge in [0.05, 0.1) is 0 Å². The van der Waals surface area contributed by atoms with Crippen LogP contribution < -0.4 is 5.32 Å². The van der Waals surface area contributed by atoms with Crippen molar-refractivity contribution in [3.8, 4) is 0 Å². The molecule has 2 rings (SSSR count). The summed E-state index contributed by atoms with van der Waals surface area (Å²) in [5.41, 5.74) is 0.496. The molecule has 0 spiro atoms. The minimum absolute atomic E-state index is 0.263. The van der Waals surface area contributed by atoms with Gasteiger partial charge in [-0.3, -0.25) is 4.79 Å². The van der Waals surface area contributed by atoms with Gasteiger partial charge in [-0.2, -0.15) is 8.78 Å². The van der Waals surface area contributed by atoms with Gasteiger partial charge in [0, 0.05) is 15.1 Å². The van der Waals surface area contributed by atoms with Crippen LogP contribution in [0.4, 0.5) is 14.5 Å². The maximum Gasteiger partial charge on any atom is 0.288 e. The van der Waals surface area contributed by atoms with Gasteiger partial charge in [-0.25, -0.2) is 0 Å². The van der Waals surface area contributed by atoms with Crippen LogP contribution in [-0.2, 0) is 0 Å². The molecule has 0 aliphatic heterocycles. The molecule has 7 heteroatoms. The number of amides is 1. The summed E-state index contributed by atoms with van der Waals surface area (Å²) in [7, 11) is 0. The monoisotopic (exact) mass is 363 g/mol. The summed E-state index contributed by atoms with van der Waals surface area (Å²) >= 11 is 5.03. The highest BCUT2D eigenvalue weighted by Gasteiger charge is 2.12. The molecule has 19 heavy (non-hydrogen) atoms. The van der Waals surface area contributed by atoms with Crippen molar-refractivity contribution in [2.24, 2.45) is 0 Å². The lowest BCUT2D eigenvalue weighted by Gasteiger charge is -2.06. The molecule has 1 N–H and O–H groups in total. The first-order chi connectivity index (χ1) is 9.06. The molecule has 0 saturated carbocycles. The van der Waals surface area contributed by atoms with Crippen LogP contribution in [-0.4, -0.2) is 11.7 Å². The molecule has 0 radical (unpaired) electrons. The Labute approximate surface area is 125 Å². The normalized spacial score (nSPS) is 10.7. The van der Waals surface area contributed by atoms with Crippen LogP contribution in [0.1, 0.15) is 9.67 Å². The van der Waals surface area contributed by atoms with Crippen LogP contribution in [0.3, 0.4) is 0 Å². The fourth-order valence-electron chi connectivity index (χ4n) is 1.39. The Kier molecular flexibility index (Phi) is 4.95. The van der Waals surface area contributed by atoms with Crippen molar-refractivity contribution < 1.29 is 13.6 Å². The van der Waals surface area contributed by atoms with Gasteiger partial charge >= 0.3 is 0 Å². The average molecular weight is 364 g/mol. The second-order valence-electron chi connectivity index (χ2n) is 3.46. The molecule has 0 atom stereocenters. The smallest absolute Gasteiger partial charge is 0.288 e. The topological polar surface area (TPSA) is 29.1 Å². The average Bonchev–Trinajstić information content (AvgIpc) is 2.75. The Bertz CT molecular complexity index is 589. The van der Waals surface area contributed by atoms with Gasteiger partial charge in [-0.1, -0.05) is 17.8 Å². The first-order valence-electron chi connectivity index (χ1n) is 5.15. The van der Waals surface area contributed by atoms with E-state index in [0.717, 1.165) is 0 Å². The molecule has 0 aliphatic rings. The van der Waals surface area contributed by atoms with Crippen LogP contribution in [0.2, 0.25) is 0 Å². The third-order valence-electron chi connectivity index (χ3n) is 2.14. The predicted molar refractivity (Wildman–Crippen MR) is 78.3 cm³/mol. The van der Waals surface area contributed by atoms with Crippen LogP contribution >= 0.6 is 39.0 Å². The first kappa shape index (κ1) is 14.5. The number of anilines is 1. The van der Waals surface area contributed by atoms with Crippen molar-refractivity contribution in [1.29, 1.82) is 0 Å². The van der Waals surface area contributed by atoms with E-state index in [9.17, 15) is 13.6 Å². The number of thiophene rings is 1. The zero-order valence-corrected chi connectivity index (χ0v) is 12.6. The summed E-state index contributed by atoms with van der Waals surface area (Å²) in [5.74, 6) is -2.74. The Morgan fingerprint density at radius 1 is 1.37 bits per heavy atom. The molecule has 0 saturated heterocycles. The summed E-state index contributed by atoms with van der Waals surface area (Å²) in [5, 5.41) is 4.48. The summed E-state index contributed by atoms with van der Waals surface area (Å²) in [6, 6.07) is 8.17. The Morgan fingerprint density at radius 3 is 2.79 bits per heavy atom. The standard InChI is InChI=1S/C12H8BrF2NOS2/c13-9-4-5-18-10(9)11(17)16-7-2-1-3-8(6-7)19-12(14)15/h1-6,12H,(H,16,17). The summed E-state index contributed by atoms with van der Waals surface area (Å²) in [6.45, 7) is 0. The molecule has 1 aromatic carbocycles. The number of nitrogens with one attached hydrogen (secondary N) is 1. The third-order valence-corrected chi connectivity index (χ3v) is 4.68. The number of hydrogen-bond donors (Lipinski definition) is 1. The van der Waals surface area contributed by atoms with Crippen molar-refractivity contribution in [3.05, 3.63) is 45.1 Å². The highest BCUT2D eigenvalue weighted by Crippen LogP contribution is 2.28. The fraction of sp³-hybridized carbons (Fsp3) is 0.0833. The third kappa shape index (κ3) is 4.02. The zero-order chi connectivity index (χ0) is 13.8. The predicted octanol–water partition coefficient (Wildman–Crippen LogP) is 5.08. The van der Waals surface area contributed by atoms with Crippen LogP contribution in [0, 0.1) is 0 Å². The number of hydrogen-bond acceptors (Lipinski definition) is 3. The summed E-state index contributed by atoms with van der Waals surface area (Å²) < 4.78 is 25.2. The second-order valence-corrected chi connectivity index (χ2v) is 6.29.